The molecule has 5 heteroatoms. The molecular formula is C13H15F3N2. The molecule has 98 valence electrons. The first kappa shape index (κ1) is 13.0. The predicted molar refractivity (Wildman–Crippen MR) is 65.4 cm³/mol. The van der Waals surface area contributed by atoms with Gasteiger partial charge in [-0.05, 0) is 24.3 Å². The average Bonchev–Trinajstić information content (AvgIpc) is 2.64. The standard InChI is InChI=1S/C13H15F3N2/c1-8(7-17)12-6-9-5-10(13(14,15)16)3-4-11(9)18(12)2/h3-6,8H,7,17H2,1-2H3. The number of rotatable bonds is 2. The molecule has 2 rings (SSSR count). The molecule has 2 N–H and O–H groups in total. The number of hydrogen-bond acceptors (Lipinski definition) is 1. The minimum absolute atomic E-state index is 0.122. The van der Waals surface area contributed by atoms with Gasteiger partial charge in [-0.3, -0.25) is 0 Å². The van der Waals surface area contributed by atoms with Gasteiger partial charge in [-0.2, -0.15) is 13.2 Å². The largest absolute Gasteiger partial charge is 0.416 e. The monoisotopic (exact) mass is 256 g/mol. The minimum Gasteiger partial charge on any atom is -0.347 e. The molecule has 1 heterocycles. The van der Waals surface area contributed by atoms with E-state index in [0.29, 0.717) is 11.9 Å². The topological polar surface area (TPSA) is 30.9 Å². The van der Waals surface area contributed by atoms with Gasteiger partial charge in [0.2, 0.25) is 0 Å². The second-order valence-electron chi connectivity index (χ2n) is 4.54. The summed E-state index contributed by atoms with van der Waals surface area (Å²) in [6.45, 7) is 2.43. The van der Waals surface area contributed by atoms with Gasteiger partial charge >= 0.3 is 6.18 Å². The Hall–Kier alpha value is -1.49. The molecule has 1 unspecified atom stereocenters. The highest BCUT2D eigenvalue weighted by atomic mass is 19.4. The molecule has 0 amide bonds. The summed E-state index contributed by atoms with van der Waals surface area (Å²) in [5, 5.41) is 0.600. The van der Waals surface area contributed by atoms with Crippen LogP contribution >= 0.6 is 0 Å². The Bertz CT molecular complexity index is 569. The maximum atomic E-state index is 12.6. The lowest BCUT2D eigenvalue weighted by atomic mass is 10.1. The van der Waals surface area contributed by atoms with E-state index in [1.165, 1.54) is 12.1 Å². The number of fused-ring (bicyclic) bond motifs is 1. The molecule has 0 radical (unpaired) electrons. The number of nitrogens with zero attached hydrogens (tertiary/aromatic N) is 1. The van der Waals surface area contributed by atoms with Gasteiger partial charge in [-0.15, -0.1) is 0 Å². The lowest BCUT2D eigenvalue weighted by molar-refractivity contribution is -0.137. The number of benzene rings is 1. The molecule has 1 atom stereocenters. The van der Waals surface area contributed by atoms with Crippen LogP contribution in [0.2, 0.25) is 0 Å². The fraction of sp³-hybridized carbons (Fsp3) is 0.385. The number of nitrogens with two attached hydrogens (primary N) is 1. The highest BCUT2D eigenvalue weighted by Gasteiger charge is 2.30. The summed E-state index contributed by atoms with van der Waals surface area (Å²) in [4.78, 5) is 0. The van der Waals surface area contributed by atoms with Crippen molar-refractivity contribution >= 4 is 10.9 Å². The quantitative estimate of drug-likeness (QED) is 0.878. The minimum atomic E-state index is -4.30. The Kier molecular flexibility index (Phi) is 3.11. The number of hydrogen-bond donors (Lipinski definition) is 1. The van der Waals surface area contributed by atoms with E-state index in [4.69, 9.17) is 5.73 Å². The van der Waals surface area contributed by atoms with Gasteiger partial charge in [-0.1, -0.05) is 6.92 Å². The van der Waals surface area contributed by atoms with E-state index in [2.05, 4.69) is 0 Å². The molecule has 18 heavy (non-hydrogen) atoms. The summed E-state index contributed by atoms with van der Waals surface area (Å²) < 4.78 is 39.8. The van der Waals surface area contributed by atoms with Crippen LogP contribution in [0.3, 0.4) is 0 Å². The summed E-state index contributed by atoms with van der Waals surface area (Å²) in [7, 11) is 1.84. The number of aryl methyl sites for hydroxylation is 1. The van der Waals surface area contributed by atoms with Gasteiger partial charge in [0.15, 0.2) is 0 Å². The van der Waals surface area contributed by atoms with Gasteiger partial charge in [0.25, 0.3) is 0 Å². The van der Waals surface area contributed by atoms with Crippen LogP contribution in [0.25, 0.3) is 10.9 Å². The molecule has 0 spiro atoms. The van der Waals surface area contributed by atoms with Crippen LogP contribution in [0.15, 0.2) is 24.3 Å². The first-order valence-electron chi connectivity index (χ1n) is 5.71. The van der Waals surface area contributed by atoms with Gasteiger partial charge < -0.3 is 10.3 Å². The average molecular weight is 256 g/mol. The van der Waals surface area contributed by atoms with E-state index in [9.17, 15) is 13.2 Å². The first-order chi connectivity index (χ1) is 8.34. The van der Waals surface area contributed by atoms with Crippen LogP contribution in [0.1, 0.15) is 24.1 Å². The van der Waals surface area contributed by atoms with E-state index < -0.39 is 11.7 Å². The van der Waals surface area contributed by atoms with E-state index in [0.717, 1.165) is 17.3 Å². The predicted octanol–water partition coefficient (Wildman–Crippen LogP) is 3.26. The van der Waals surface area contributed by atoms with Gasteiger partial charge in [-0.25, -0.2) is 0 Å². The highest BCUT2D eigenvalue weighted by Crippen LogP contribution is 2.33. The van der Waals surface area contributed by atoms with Gasteiger partial charge in [0, 0.05) is 36.1 Å². The maximum absolute atomic E-state index is 12.6. The fourth-order valence-electron chi connectivity index (χ4n) is 2.14. The third-order valence-corrected chi connectivity index (χ3v) is 3.27. The molecule has 0 aliphatic carbocycles. The van der Waals surface area contributed by atoms with Crippen molar-refractivity contribution in [1.82, 2.24) is 4.57 Å². The van der Waals surface area contributed by atoms with Crippen LogP contribution < -0.4 is 5.73 Å². The fourth-order valence-corrected chi connectivity index (χ4v) is 2.14. The van der Waals surface area contributed by atoms with Crippen LogP contribution in [-0.4, -0.2) is 11.1 Å². The number of aromatic nitrogens is 1. The van der Waals surface area contributed by atoms with Crippen molar-refractivity contribution in [2.75, 3.05) is 6.54 Å². The molecule has 0 bridgehead atoms. The summed E-state index contributed by atoms with van der Waals surface area (Å²) >= 11 is 0. The zero-order chi connectivity index (χ0) is 13.5. The molecular weight excluding hydrogens is 241 g/mol. The van der Waals surface area contributed by atoms with Crippen LogP contribution in [-0.2, 0) is 13.2 Å². The Morgan fingerprint density at radius 2 is 1.94 bits per heavy atom. The van der Waals surface area contributed by atoms with E-state index in [1.54, 1.807) is 6.07 Å². The van der Waals surface area contributed by atoms with Crippen molar-refractivity contribution in [2.45, 2.75) is 19.0 Å². The molecule has 1 aromatic carbocycles. The second kappa shape index (κ2) is 4.31. The van der Waals surface area contributed by atoms with Crippen LogP contribution in [0, 0.1) is 0 Å². The Morgan fingerprint density at radius 1 is 1.28 bits per heavy atom. The molecule has 0 aliphatic rings. The van der Waals surface area contributed by atoms with Gasteiger partial charge in [0.1, 0.15) is 0 Å². The molecule has 0 saturated heterocycles. The number of alkyl halides is 3. The van der Waals surface area contributed by atoms with Crippen molar-refractivity contribution in [1.29, 1.82) is 0 Å². The Balaban J connectivity index is 2.59. The third kappa shape index (κ3) is 2.10. The Labute approximate surface area is 103 Å². The zero-order valence-electron chi connectivity index (χ0n) is 10.3. The normalized spacial score (nSPS) is 14.1. The van der Waals surface area contributed by atoms with E-state index in [1.807, 2.05) is 18.5 Å². The van der Waals surface area contributed by atoms with Crippen molar-refractivity contribution in [3.8, 4) is 0 Å². The van der Waals surface area contributed by atoms with Gasteiger partial charge in [0.05, 0.1) is 5.56 Å². The Morgan fingerprint density at radius 3 is 2.50 bits per heavy atom. The summed E-state index contributed by atoms with van der Waals surface area (Å²) in [6, 6.07) is 5.58. The molecule has 0 aliphatic heterocycles. The lowest BCUT2D eigenvalue weighted by Crippen LogP contribution is -2.11. The zero-order valence-corrected chi connectivity index (χ0v) is 10.3. The molecule has 0 saturated carbocycles. The third-order valence-electron chi connectivity index (χ3n) is 3.27. The molecule has 2 aromatic rings. The van der Waals surface area contributed by atoms with Crippen molar-refractivity contribution in [2.24, 2.45) is 12.8 Å². The van der Waals surface area contributed by atoms with Crippen molar-refractivity contribution < 1.29 is 13.2 Å². The maximum Gasteiger partial charge on any atom is 0.416 e. The molecule has 1 aromatic heterocycles. The van der Waals surface area contributed by atoms with E-state index in [-0.39, 0.29) is 5.92 Å². The van der Waals surface area contributed by atoms with Crippen LogP contribution in [0.5, 0.6) is 0 Å². The number of halogens is 3. The van der Waals surface area contributed by atoms with Crippen LogP contribution in [0.4, 0.5) is 13.2 Å². The van der Waals surface area contributed by atoms with E-state index >= 15 is 0 Å². The van der Waals surface area contributed by atoms with Crippen molar-refractivity contribution in [3.63, 3.8) is 0 Å². The summed E-state index contributed by atoms with van der Waals surface area (Å²) in [5.74, 6) is 0.122. The smallest absolute Gasteiger partial charge is 0.347 e. The molecule has 0 fully saturated rings. The summed E-state index contributed by atoms with van der Waals surface area (Å²) in [5.41, 5.74) is 6.72. The SMILES string of the molecule is CC(CN)c1cc2cc(C(F)(F)F)ccc2n1C. The molecule has 2 nitrogen and oxygen atoms in total. The second-order valence-corrected chi connectivity index (χ2v) is 4.54. The van der Waals surface area contributed by atoms with Crippen molar-refractivity contribution in [3.05, 3.63) is 35.5 Å². The first-order valence-corrected chi connectivity index (χ1v) is 5.71. The highest BCUT2D eigenvalue weighted by molar-refractivity contribution is 5.82. The lowest BCUT2D eigenvalue weighted by Gasteiger charge is -2.10. The summed E-state index contributed by atoms with van der Waals surface area (Å²) in [6.07, 6.45) is -4.30.